The van der Waals surface area contributed by atoms with E-state index in [2.05, 4.69) is 26.0 Å². The maximum Gasteiger partial charge on any atom is 0.306 e. The summed E-state index contributed by atoms with van der Waals surface area (Å²) >= 11 is 0. The van der Waals surface area contributed by atoms with Gasteiger partial charge < -0.3 is 14.6 Å². The highest BCUT2D eigenvalue weighted by Crippen LogP contribution is 2.16. The van der Waals surface area contributed by atoms with Crippen LogP contribution in [0.25, 0.3) is 0 Å². The SMILES string of the molecule is CCCCCCCCCCCCCCCCCCCC/C=C/CCCC(=O)OC[C@H](CO)OC(=O)CCCCCCCCCCCCCCC. The van der Waals surface area contributed by atoms with Gasteiger partial charge in [-0.15, -0.1) is 0 Å². The zero-order valence-corrected chi connectivity index (χ0v) is 33.7. The number of esters is 2. The Balaban J connectivity index is 3.48. The maximum atomic E-state index is 12.2. The van der Waals surface area contributed by atoms with Gasteiger partial charge in [0.05, 0.1) is 6.61 Å². The predicted octanol–water partition coefficient (Wildman–Crippen LogP) is 14.1. The van der Waals surface area contributed by atoms with Crippen molar-refractivity contribution in [3.63, 3.8) is 0 Å². The van der Waals surface area contributed by atoms with E-state index in [4.69, 9.17) is 9.47 Å². The Hall–Kier alpha value is -1.36. The number of allylic oxidation sites excluding steroid dienone is 2. The van der Waals surface area contributed by atoms with E-state index in [1.807, 2.05) is 0 Å². The molecule has 0 aliphatic heterocycles. The first-order valence-corrected chi connectivity index (χ1v) is 22.2. The lowest BCUT2D eigenvalue weighted by atomic mass is 10.0. The van der Waals surface area contributed by atoms with Gasteiger partial charge in [-0.3, -0.25) is 9.59 Å². The standard InChI is InChI=1S/C45H86O5/c1-3-5-7-9-11-13-15-17-18-19-20-21-22-23-24-25-26-28-29-31-33-35-37-39-44(47)49-42-43(41-46)50-45(48)40-38-36-34-32-30-27-16-14-12-10-8-6-4-2/h31,33,43,46H,3-30,32,34-42H2,1-2H3/b33-31+/t43-/m0/s1. The van der Waals surface area contributed by atoms with E-state index in [0.717, 1.165) is 38.5 Å². The van der Waals surface area contributed by atoms with Crippen LogP contribution < -0.4 is 0 Å². The summed E-state index contributed by atoms with van der Waals surface area (Å²) in [5, 5.41) is 9.56. The van der Waals surface area contributed by atoms with E-state index < -0.39 is 6.10 Å². The molecule has 0 aromatic carbocycles. The van der Waals surface area contributed by atoms with Gasteiger partial charge in [-0.1, -0.05) is 212 Å². The highest BCUT2D eigenvalue weighted by Gasteiger charge is 2.16. The smallest absolute Gasteiger partial charge is 0.306 e. The third kappa shape index (κ3) is 39.4. The number of unbranched alkanes of at least 4 members (excludes halogenated alkanes) is 31. The summed E-state index contributed by atoms with van der Waals surface area (Å²) in [6.45, 7) is 4.14. The topological polar surface area (TPSA) is 72.8 Å². The van der Waals surface area contributed by atoms with Crippen molar-refractivity contribution in [3.05, 3.63) is 12.2 Å². The molecule has 0 saturated carbocycles. The molecule has 0 bridgehead atoms. The predicted molar refractivity (Wildman–Crippen MR) is 215 cm³/mol. The lowest BCUT2D eigenvalue weighted by Crippen LogP contribution is -2.28. The molecule has 0 aliphatic rings. The molecular weight excluding hydrogens is 620 g/mol. The van der Waals surface area contributed by atoms with Crippen LogP contribution in [-0.4, -0.2) is 36.4 Å². The van der Waals surface area contributed by atoms with Crippen LogP contribution in [0.5, 0.6) is 0 Å². The van der Waals surface area contributed by atoms with Crippen molar-refractivity contribution in [2.45, 2.75) is 251 Å². The van der Waals surface area contributed by atoms with Crippen molar-refractivity contribution in [2.75, 3.05) is 13.2 Å². The number of hydrogen-bond donors (Lipinski definition) is 1. The first kappa shape index (κ1) is 48.6. The third-order valence-electron chi connectivity index (χ3n) is 10.1. The van der Waals surface area contributed by atoms with Crippen LogP contribution in [0, 0.1) is 0 Å². The normalized spacial score (nSPS) is 12.1. The molecule has 5 heteroatoms. The average Bonchev–Trinajstić information content (AvgIpc) is 3.12. The van der Waals surface area contributed by atoms with Gasteiger partial charge in [0.2, 0.25) is 0 Å². The van der Waals surface area contributed by atoms with Crippen molar-refractivity contribution in [1.29, 1.82) is 0 Å². The summed E-state index contributed by atoms with van der Waals surface area (Å²) in [5.41, 5.74) is 0. The first-order valence-electron chi connectivity index (χ1n) is 22.2. The molecule has 1 N–H and O–H groups in total. The zero-order chi connectivity index (χ0) is 36.4. The Morgan fingerprint density at radius 3 is 1.14 bits per heavy atom. The Morgan fingerprint density at radius 2 is 0.760 bits per heavy atom. The van der Waals surface area contributed by atoms with Crippen LogP contribution in [0.3, 0.4) is 0 Å². The number of aliphatic hydroxyl groups excluding tert-OH is 1. The molecule has 5 nitrogen and oxygen atoms in total. The quantitative estimate of drug-likeness (QED) is 0.0389. The summed E-state index contributed by atoms with van der Waals surface area (Å²) in [6.07, 6.45) is 48.7. The van der Waals surface area contributed by atoms with Crippen LogP contribution in [-0.2, 0) is 19.1 Å². The van der Waals surface area contributed by atoms with Crippen LogP contribution in [0.1, 0.15) is 245 Å². The second-order valence-electron chi connectivity index (χ2n) is 15.1. The maximum absolute atomic E-state index is 12.2. The molecule has 0 unspecified atom stereocenters. The van der Waals surface area contributed by atoms with E-state index >= 15 is 0 Å². The van der Waals surface area contributed by atoms with Crippen LogP contribution >= 0.6 is 0 Å². The zero-order valence-electron chi connectivity index (χ0n) is 33.7. The number of carbonyl (C=O) groups excluding carboxylic acids is 2. The Morgan fingerprint density at radius 1 is 0.440 bits per heavy atom. The fourth-order valence-corrected chi connectivity index (χ4v) is 6.68. The molecule has 0 fully saturated rings. The van der Waals surface area contributed by atoms with Gasteiger partial charge in [0.25, 0.3) is 0 Å². The van der Waals surface area contributed by atoms with E-state index in [1.54, 1.807) is 0 Å². The third-order valence-corrected chi connectivity index (χ3v) is 10.1. The largest absolute Gasteiger partial charge is 0.462 e. The van der Waals surface area contributed by atoms with E-state index in [9.17, 15) is 14.7 Å². The minimum absolute atomic E-state index is 0.0745. The number of rotatable bonds is 41. The summed E-state index contributed by atoms with van der Waals surface area (Å²) in [7, 11) is 0. The molecule has 0 saturated heterocycles. The monoisotopic (exact) mass is 707 g/mol. The van der Waals surface area contributed by atoms with Crippen molar-refractivity contribution < 1.29 is 24.2 Å². The molecule has 0 aromatic rings. The number of carbonyl (C=O) groups is 2. The molecule has 296 valence electrons. The summed E-state index contributed by atoms with van der Waals surface area (Å²) in [6, 6.07) is 0. The lowest BCUT2D eigenvalue weighted by Gasteiger charge is -2.15. The van der Waals surface area contributed by atoms with Crippen LogP contribution in [0.4, 0.5) is 0 Å². The highest BCUT2D eigenvalue weighted by atomic mass is 16.6. The second kappa shape index (κ2) is 42.1. The van der Waals surface area contributed by atoms with E-state index in [1.165, 1.54) is 180 Å². The fourth-order valence-electron chi connectivity index (χ4n) is 6.68. The van der Waals surface area contributed by atoms with Gasteiger partial charge >= 0.3 is 11.9 Å². The molecule has 0 amide bonds. The van der Waals surface area contributed by atoms with Gasteiger partial charge in [0.15, 0.2) is 6.10 Å². The van der Waals surface area contributed by atoms with Gasteiger partial charge in [-0.2, -0.15) is 0 Å². The molecule has 0 spiro atoms. The second-order valence-corrected chi connectivity index (χ2v) is 15.1. The fraction of sp³-hybridized carbons (Fsp3) is 0.911. The molecule has 0 aromatic heterocycles. The molecule has 0 radical (unpaired) electrons. The first-order chi connectivity index (χ1) is 24.6. The van der Waals surface area contributed by atoms with E-state index in [0.29, 0.717) is 12.8 Å². The minimum atomic E-state index is -0.775. The molecule has 1 atom stereocenters. The summed E-state index contributed by atoms with van der Waals surface area (Å²) in [4.78, 5) is 24.3. The van der Waals surface area contributed by atoms with Crippen molar-refractivity contribution >= 4 is 11.9 Å². The summed E-state index contributed by atoms with van der Waals surface area (Å²) in [5.74, 6) is -0.615. The Labute approximate surface area is 311 Å². The Kier molecular flexibility index (Phi) is 40.9. The van der Waals surface area contributed by atoms with Gasteiger partial charge in [0, 0.05) is 12.8 Å². The minimum Gasteiger partial charge on any atom is -0.462 e. The Bertz CT molecular complexity index is 720. The van der Waals surface area contributed by atoms with Crippen molar-refractivity contribution in [1.82, 2.24) is 0 Å². The van der Waals surface area contributed by atoms with Crippen molar-refractivity contribution in [3.8, 4) is 0 Å². The molecule has 0 rings (SSSR count). The molecular formula is C45H86O5. The van der Waals surface area contributed by atoms with E-state index in [-0.39, 0.29) is 25.2 Å². The summed E-state index contributed by atoms with van der Waals surface area (Å²) < 4.78 is 10.6. The van der Waals surface area contributed by atoms with Gasteiger partial charge in [0.1, 0.15) is 6.61 Å². The number of aliphatic hydroxyl groups is 1. The van der Waals surface area contributed by atoms with Crippen LogP contribution in [0.15, 0.2) is 12.2 Å². The highest BCUT2D eigenvalue weighted by molar-refractivity contribution is 5.70. The average molecular weight is 707 g/mol. The molecule has 0 heterocycles. The molecule has 50 heavy (non-hydrogen) atoms. The number of hydrogen-bond acceptors (Lipinski definition) is 5. The van der Waals surface area contributed by atoms with Gasteiger partial charge in [-0.25, -0.2) is 0 Å². The number of ether oxygens (including phenoxy) is 2. The van der Waals surface area contributed by atoms with Crippen molar-refractivity contribution in [2.24, 2.45) is 0 Å². The van der Waals surface area contributed by atoms with Gasteiger partial charge in [-0.05, 0) is 32.1 Å². The molecule has 0 aliphatic carbocycles. The lowest BCUT2D eigenvalue weighted by molar-refractivity contribution is -0.161. The van der Waals surface area contributed by atoms with Crippen LogP contribution in [0.2, 0.25) is 0 Å².